The van der Waals surface area contributed by atoms with Crippen molar-refractivity contribution in [3.8, 4) is 17.1 Å². The summed E-state index contributed by atoms with van der Waals surface area (Å²) >= 11 is 0. The van der Waals surface area contributed by atoms with Crippen LogP contribution in [0.1, 0.15) is 38.3 Å². The average molecular weight is 579 g/mol. The number of aromatic nitrogens is 2. The number of ether oxygens (including phenoxy) is 1. The molecule has 6 bridgehead atoms. The Morgan fingerprint density at radius 3 is 2.46 bits per heavy atom. The summed E-state index contributed by atoms with van der Waals surface area (Å²) in [5.74, 6) is -0.976. The van der Waals surface area contributed by atoms with Gasteiger partial charge in [-0.05, 0) is 70.4 Å². The molecular formula is C29H34N6O5S. The molecule has 5 rings (SSSR count). The van der Waals surface area contributed by atoms with Crippen molar-refractivity contribution in [1.82, 2.24) is 20.2 Å². The van der Waals surface area contributed by atoms with E-state index in [0.29, 0.717) is 17.8 Å². The Kier molecular flexibility index (Phi) is 7.37. The molecule has 12 heteroatoms. The van der Waals surface area contributed by atoms with Crippen LogP contribution in [0.5, 0.6) is 5.88 Å². The fourth-order valence-corrected chi connectivity index (χ4v) is 6.10. The van der Waals surface area contributed by atoms with Crippen molar-refractivity contribution >= 4 is 33.6 Å². The van der Waals surface area contributed by atoms with Crippen LogP contribution in [0.15, 0.2) is 53.4 Å². The Balaban J connectivity index is 1.62. The Labute approximate surface area is 239 Å². The fraction of sp³-hybridized carbons (Fsp3) is 0.379. The maximum absolute atomic E-state index is 13.4. The van der Waals surface area contributed by atoms with Crippen molar-refractivity contribution in [3.63, 3.8) is 0 Å². The smallest absolute Gasteiger partial charge is 0.317 e. The summed E-state index contributed by atoms with van der Waals surface area (Å²) < 4.78 is 35.4. The number of aryl methyl sites for hydroxylation is 2. The molecule has 2 aliphatic heterocycles. The number of piperidine rings is 1. The van der Waals surface area contributed by atoms with E-state index in [1.807, 2.05) is 52.8 Å². The summed E-state index contributed by atoms with van der Waals surface area (Å²) in [6.07, 6.45) is -0.265. The summed E-state index contributed by atoms with van der Waals surface area (Å²) in [6.45, 7) is 9.94. The van der Waals surface area contributed by atoms with Gasteiger partial charge in [0.15, 0.2) is 0 Å². The average Bonchev–Trinajstić information content (AvgIpc) is 2.87. The molecule has 3 aromatic rings. The Morgan fingerprint density at radius 1 is 1.05 bits per heavy atom. The minimum Gasteiger partial charge on any atom is -0.472 e. The van der Waals surface area contributed by atoms with E-state index in [1.165, 1.54) is 12.1 Å². The summed E-state index contributed by atoms with van der Waals surface area (Å²) in [4.78, 5) is 37.0. The molecule has 2 aromatic carbocycles. The minimum absolute atomic E-state index is 0.0661. The summed E-state index contributed by atoms with van der Waals surface area (Å²) in [5, 5.41) is 5.77. The van der Waals surface area contributed by atoms with Gasteiger partial charge in [-0.25, -0.2) is 22.9 Å². The van der Waals surface area contributed by atoms with Gasteiger partial charge in [-0.2, -0.15) is 4.98 Å². The molecule has 0 saturated carbocycles. The van der Waals surface area contributed by atoms with E-state index in [1.54, 1.807) is 23.1 Å². The molecule has 1 saturated heterocycles. The van der Waals surface area contributed by atoms with Gasteiger partial charge >= 0.3 is 6.03 Å². The van der Waals surface area contributed by atoms with Crippen LogP contribution in [-0.2, 0) is 14.8 Å². The molecule has 1 fully saturated rings. The number of benzene rings is 2. The van der Waals surface area contributed by atoms with Gasteiger partial charge in [0.2, 0.25) is 17.7 Å². The molecule has 2 aliphatic rings. The van der Waals surface area contributed by atoms with Gasteiger partial charge in [0.25, 0.3) is 10.0 Å². The lowest BCUT2D eigenvalue weighted by molar-refractivity contribution is -0.122. The number of amides is 3. The van der Waals surface area contributed by atoms with Crippen molar-refractivity contribution in [3.05, 3.63) is 59.7 Å². The van der Waals surface area contributed by atoms with Crippen LogP contribution in [0.25, 0.3) is 11.3 Å². The lowest BCUT2D eigenvalue weighted by atomic mass is 9.94. The second-order valence-electron chi connectivity index (χ2n) is 11.6. The lowest BCUT2D eigenvalue weighted by Gasteiger charge is -2.38. The first kappa shape index (κ1) is 28.3. The topological polar surface area (TPSA) is 143 Å². The minimum atomic E-state index is -4.10. The molecule has 0 aliphatic carbocycles. The molecule has 0 spiro atoms. The Bertz CT molecular complexity index is 1600. The van der Waals surface area contributed by atoms with Crippen molar-refractivity contribution in [2.75, 3.05) is 23.1 Å². The summed E-state index contributed by atoms with van der Waals surface area (Å²) in [5.41, 5.74) is 3.05. The van der Waals surface area contributed by atoms with Crippen molar-refractivity contribution in [2.45, 2.75) is 57.6 Å². The number of rotatable bonds is 1. The van der Waals surface area contributed by atoms with Crippen LogP contribution in [-0.4, -0.2) is 60.0 Å². The highest BCUT2D eigenvalue weighted by Crippen LogP contribution is 2.31. The third kappa shape index (κ3) is 6.43. The number of hydrogen-bond donors (Lipinski definition) is 3. The third-order valence-corrected chi connectivity index (χ3v) is 8.24. The van der Waals surface area contributed by atoms with Crippen LogP contribution in [0, 0.1) is 19.8 Å². The molecule has 3 N–H and O–H groups in total. The van der Waals surface area contributed by atoms with Gasteiger partial charge in [0.1, 0.15) is 6.10 Å². The number of carbonyl (C=O) groups is 2. The standard InChI is InChI=1S/C29H34N6O5S/c1-17-8-6-9-18(2)25(17)23-14-24-32-27(31-23)34-41(38,39)22-11-7-10-20(13-22)30-26(36)19-12-21(40-24)16-35(15-19)28(37)33-29(3,4)5/h6-11,13-14,19,21H,12,15-16H2,1-5H3,(H,30,36)(H,33,37)(H,31,32,34)/t19-,21-/m0/s1. The van der Waals surface area contributed by atoms with E-state index in [9.17, 15) is 18.0 Å². The Hall–Kier alpha value is -4.19. The van der Waals surface area contributed by atoms with Crippen LogP contribution in [0.2, 0.25) is 0 Å². The van der Waals surface area contributed by atoms with E-state index in [4.69, 9.17) is 4.74 Å². The number of likely N-dealkylation sites (tertiary alicyclic amines) is 1. The molecule has 2 atom stereocenters. The lowest BCUT2D eigenvalue weighted by Crippen LogP contribution is -2.56. The molecule has 41 heavy (non-hydrogen) atoms. The molecule has 0 unspecified atom stereocenters. The maximum atomic E-state index is 13.4. The normalized spacial score (nSPS) is 20.1. The van der Waals surface area contributed by atoms with Crippen LogP contribution in [0.4, 0.5) is 16.4 Å². The zero-order valence-corrected chi connectivity index (χ0v) is 24.5. The predicted molar refractivity (Wildman–Crippen MR) is 155 cm³/mol. The first-order valence-electron chi connectivity index (χ1n) is 13.4. The van der Waals surface area contributed by atoms with E-state index in [-0.39, 0.29) is 41.8 Å². The largest absolute Gasteiger partial charge is 0.472 e. The third-order valence-electron chi connectivity index (χ3n) is 6.92. The van der Waals surface area contributed by atoms with Gasteiger partial charge in [-0.1, -0.05) is 24.3 Å². The number of urea groups is 1. The second kappa shape index (κ2) is 10.7. The van der Waals surface area contributed by atoms with Gasteiger partial charge < -0.3 is 20.3 Å². The van der Waals surface area contributed by atoms with Gasteiger partial charge in [-0.15, -0.1) is 0 Å². The first-order chi connectivity index (χ1) is 19.3. The molecule has 216 valence electrons. The molecule has 11 nitrogen and oxygen atoms in total. The highest BCUT2D eigenvalue weighted by Gasteiger charge is 2.36. The number of carbonyl (C=O) groups excluding carboxylic acids is 2. The van der Waals surface area contributed by atoms with E-state index >= 15 is 0 Å². The van der Waals surface area contributed by atoms with Crippen molar-refractivity contribution < 1.29 is 22.7 Å². The molecule has 0 radical (unpaired) electrons. The van der Waals surface area contributed by atoms with Gasteiger partial charge in [0, 0.05) is 29.4 Å². The highest BCUT2D eigenvalue weighted by molar-refractivity contribution is 7.92. The monoisotopic (exact) mass is 578 g/mol. The van der Waals surface area contributed by atoms with Gasteiger partial charge in [0.05, 0.1) is 23.1 Å². The van der Waals surface area contributed by atoms with Crippen LogP contribution >= 0.6 is 0 Å². The van der Waals surface area contributed by atoms with Crippen molar-refractivity contribution in [1.29, 1.82) is 0 Å². The van der Waals surface area contributed by atoms with Crippen molar-refractivity contribution in [2.24, 2.45) is 5.92 Å². The molecule has 3 amide bonds. The van der Waals surface area contributed by atoms with E-state index in [0.717, 1.165) is 16.7 Å². The van der Waals surface area contributed by atoms with Crippen LogP contribution < -0.4 is 20.1 Å². The van der Waals surface area contributed by atoms with Gasteiger partial charge in [-0.3, -0.25) is 4.79 Å². The van der Waals surface area contributed by atoms with E-state index in [2.05, 4.69) is 25.3 Å². The van der Waals surface area contributed by atoms with Crippen LogP contribution in [0.3, 0.4) is 0 Å². The quantitative estimate of drug-likeness (QED) is 0.395. The second-order valence-corrected chi connectivity index (χ2v) is 13.2. The maximum Gasteiger partial charge on any atom is 0.317 e. The number of anilines is 2. The number of hydrogen-bond acceptors (Lipinski definition) is 7. The summed E-state index contributed by atoms with van der Waals surface area (Å²) in [7, 11) is -4.10. The molecular weight excluding hydrogens is 544 g/mol. The number of nitrogens with zero attached hydrogens (tertiary/aromatic N) is 3. The van der Waals surface area contributed by atoms with E-state index < -0.39 is 27.6 Å². The summed E-state index contributed by atoms with van der Waals surface area (Å²) in [6, 6.07) is 13.1. The number of sulfonamides is 1. The fourth-order valence-electron chi connectivity index (χ4n) is 5.11. The zero-order chi connectivity index (χ0) is 29.5. The SMILES string of the molecule is Cc1cccc(C)c1-c1cc2nc(n1)NS(=O)(=O)c1cccc(c1)NC(=O)[C@H]1C[C@@H](CN(C(=O)NC(C)(C)C)C1)O2. The first-order valence-corrected chi connectivity index (χ1v) is 14.9. The number of fused-ring (bicyclic) bond motifs is 6. The number of nitrogens with one attached hydrogen (secondary N) is 3. The highest BCUT2D eigenvalue weighted by atomic mass is 32.2. The molecule has 1 aromatic heterocycles. The Morgan fingerprint density at radius 2 is 1.76 bits per heavy atom. The predicted octanol–water partition coefficient (Wildman–Crippen LogP) is 4.09. The molecule has 3 heterocycles. The zero-order valence-electron chi connectivity index (χ0n) is 23.7.